The van der Waals surface area contributed by atoms with Crippen LogP contribution in [0.3, 0.4) is 0 Å². The minimum absolute atomic E-state index is 0.110. The lowest BCUT2D eigenvalue weighted by atomic mass is 9.70. The number of halogens is 1. The number of carbonyl (C=O) groups excluding carboxylic acids is 3. The second kappa shape index (κ2) is 12.1. The number of hydrogen-bond acceptors (Lipinski definition) is 6. The number of aliphatic hydroxyl groups is 1. The van der Waals surface area contributed by atoms with Gasteiger partial charge in [0.05, 0.1) is 37.2 Å². The molecular weight excluding hydrogens is 590 g/mol. The molecule has 41 heavy (non-hydrogen) atoms. The van der Waals surface area contributed by atoms with E-state index in [4.69, 9.17) is 9.47 Å². The van der Waals surface area contributed by atoms with Crippen molar-refractivity contribution in [2.45, 2.75) is 74.7 Å². The molecule has 5 rings (SSSR count). The van der Waals surface area contributed by atoms with Gasteiger partial charge in [-0.3, -0.25) is 14.4 Å². The summed E-state index contributed by atoms with van der Waals surface area (Å²) in [5.74, 6) is -2.04. The summed E-state index contributed by atoms with van der Waals surface area (Å²) in [6.45, 7) is 6.04. The van der Waals surface area contributed by atoms with E-state index >= 15 is 0 Å². The molecule has 0 radical (unpaired) electrons. The van der Waals surface area contributed by atoms with Crippen LogP contribution in [0.25, 0.3) is 0 Å². The summed E-state index contributed by atoms with van der Waals surface area (Å²) in [5.41, 5.74) is 0.0676. The highest BCUT2D eigenvalue weighted by Crippen LogP contribution is 2.61. The van der Waals surface area contributed by atoms with Crippen LogP contribution < -0.4 is 15.4 Å². The number of nitrogens with one attached hydrogen (secondary N) is 2. The third-order valence-corrected chi connectivity index (χ3v) is 9.36. The van der Waals surface area contributed by atoms with Crippen molar-refractivity contribution >= 4 is 39.3 Å². The summed E-state index contributed by atoms with van der Waals surface area (Å²) in [4.78, 5) is 43.5. The van der Waals surface area contributed by atoms with Crippen molar-refractivity contribution in [1.82, 2.24) is 10.2 Å². The molecule has 8 atom stereocenters. The average Bonchev–Trinajstić information content (AvgIpc) is 3.54. The Bertz CT molecular complexity index is 1260. The van der Waals surface area contributed by atoms with Crippen molar-refractivity contribution in [3.8, 4) is 5.75 Å². The van der Waals surface area contributed by atoms with E-state index in [1.54, 1.807) is 24.3 Å². The van der Waals surface area contributed by atoms with Crippen molar-refractivity contribution in [2.75, 3.05) is 18.5 Å². The maximum atomic E-state index is 14.4. The number of anilines is 1. The molecule has 1 spiro atoms. The second-order valence-electron chi connectivity index (χ2n) is 11.2. The van der Waals surface area contributed by atoms with Gasteiger partial charge in [0.2, 0.25) is 17.7 Å². The number of fused-ring (bicyclic) bond motifs is 1. The fourth-order valence-corrected chi connectivity index (χ4v) is 7.83. The normalized spacial score (nSPS) is 29.6. The molecule has 0 aliphatic carbocycles. The number of benzene rings is 2. The maximum absolute atomic E-state index is 14.4. The summed E-state index contributed by atoms with van der Waals surface area (Å²) in [6.07, 6.45) is 1.48. The van der Waals surface area contributed by atoms with Crippen molar-refractivity contribution in [3.05, 3.63) is 60.2 Å². The van der Waals surface area contributed by atoms with Gasteiger partial charge < -0.3 is 30.1 Å². The SMILES string of the molecule is CCCC(C)NC(=O)C1N([C@H](CO)c2ccccc2)C(=O)[C@@H]2[C@@H](C(=O)Nc3ccc(OCC)cc3)[C@@H]3OC12CC3Br. The molecule has 3 saturated heterocycles. The molecule has 2 aromatic rings. The van der Waals surface area contributed by atoms with Gasteiger partial charge in [-0.2, -0.15) is 0 Å². The molecule has 3 aliphatic rings. The molecule has 2 aromatic carbocycles. The van der Waals surface area contributed by atoms with E-state index in [0.29, 0.717) is 30.0 Å². The number of aliphatic hydroxyl groups excluding tert-OH is 1. The Labute approximate surface area is 249 Å². The average molecular weight is 629 g/mol. The van der Waals surface area contributed by atoms with Crippen molar-refractivity contribution < 1.29 is 29.0 Å². The first-order valence-corrected chi connectivity index (χ1v) is 15.3. The number of rotatable bonds is 11. The fraction of sp³-hybridized carbons (Fsp3) is 0.516. The molecule has 10 heteroatoms. The largest absolute Gasteiger partial charge is 0.494 e. The summed E-state index contributed by atoms with van der Waals surface area (Å²) < 4.78 is 12.1. The zero-order chi connectivity index (χ0) is 29.3. The van der Waals surface area contributed by atoms with Gasteiger partial charge in [0.1, 0.15) is 17.4 Å². The van der Waals surface area contributed by atoms with E-state index in [1.165, 1.54) is 4.90 Å². The molecular formula is C31H38BrN3O6. The minimum Gasteiger partial charge on any atom is -0.494 e. The predicted octanol–water partition coefficient (Wildman–Crippen LogP) is 3.81. The quantitative estimate of drug-likeness (QED) is 0.326. The number of alkyl halides is 1. The van der Waals surface area contributed by atoms with Crippen LogP contribution >= 0.6 is 15.9 Å². The van der Waals surface area contributed by atoms with Gasteiger partial charge in [-0.1, -0.05) is 59.6 Å². The topological polar surface area (TPSA) is 117 Å². The number of amides is 3. The van der Waals surface area contributed by atoms with E-state index in [1.807, 2.05) is 51.1 Å². The van der Waals surface area contributed by atoms with Gasteiger partial charge in [0.25, 0.3) is 0 Å². The lowest BCUT2D eigenvalue weighted by Gasteiger charge is -2.37. The van der Waals surface area contributed by atoms with Crippen molar-refractivity contribution in [3.63, 3.8) is 0 Å². The predicted molar refractivity (Wildman–Crippen MR) is 158 cm³/mol. The van der Waals surface area contributed by atoms with Gasteiger partial charge in [0, 0.05) is 16.6 Å². The van der Waals surface area contributed by atoms with Gasteiger partial charge in [-0.05, 0) is 56.5 Å². The molecule has 2 bridgehead atoms. The van der Waals surface area contributed by atoms with Crippen LogP contribution in [0.2, 0.25) is 0 Å². The summed E-state index contributed by atoms with van der Waals surface area (Å²) in [5, 5.41) is 16.6. The molecule has 3 heterocycles. The zero-order valence-corrected chi connectivity index (χ0v) is 25.2. The molecule has 0 saturated carbocycles. The standard InChI is InChI=1S/C31H38BrN3O6/c1-4-9-18(3)33-29(38)27-31-16-22(32)26(41-31)24(28(37)34-20-12-14-21(15-13-20)40-5-2)25(31)30(39)35(27)23(17-36)19-10-7-6-8-11-19/h6-8,10-15,18,22-27,36H,4-5,9,16-17H2,1-3H3,(H,33,38)(H,34,37)/t18?,22?,23-,24-,25+,26-,27?,31?/m1/s1. The molecule has 3 aliphatic heterocycles. The number of nitrogens with zero attached hydrogens (tertiary/aromatic N) is 1. The Balaban J connectivity index is 1.51. The first-order chi connectivity index (χ1) is 19.7. The van der Waals surface area contributed by atoms with E-state index in [-0.39, 0.29) is 35.2 Å². The van der Waals surface area contributed by atoms with Crippen LogP contribution in [0.1, 0.15) is 51.6 Å². The smallest absolute Gasteiger partial charge is 0.246 e. The van der Waals surface area contributed by atoms with Crippen LogP contribution in [-0.4, -0.2) is 69.6 Å². The van der Waals surface area contributed by atoms with Crippen LogP contribution in [0.15, 0.2) is 54.6 Å². The van der Waals surface area contributed by atoms with Gasteiger partial charge in [0.15, 0.2) is 0 Å². The Kier molecular flexibility index (Phi) is 8.73. The molecule has 3 amide bonds. The molecule has 220 valence electrons. The van der Waals surface area contributed by atoms with Crippen LogP contribution in [-0.2, 0) is 19.1 Å². The van der Waals surface area contributed by atoms with Crippen LogP contribution in [0.5, 0.6) is 5.75 Å². The molecule has 0 aromatic heterocycles. The van der Waals surface area contributed by atoms with Gasteiger partial charge in [-0.25, -0.2) is 0 Å². The first kappa shape index (κ1) is 29.5. The highest BCUT2D eigenvalue weighted by Gasteiger charge is 2.77. The number of ether oxygens (including phenoxy) is 2. The van der Waals surface area contributed by atoms with Crippen LogP contribution in [0.4, 0.5) is 5.69 Å². The number of hydrogen-bond donors (Lipinski definition) is 3. The summed E-state index contributed by atoms with van der Waals surface area (Å²) >= 11 is 3.71. The van der Waals surface area contributed by atoms with Crippen molar-refractivity contribution in [1.29, 1.82) is 0 Å². The fourth-order valence-electron chi connectivity index (χ4n) is 6.89. The lowest BCUT2D eigenvalue weighted by Crippen LogP contribution is -2.57. The Morgan fingerprint density at radius 3 is 2.49 bits per heavy atom. The van der Waals surface area contributed by atoms with E-state index in [9.17, 15) is 19.5 Å². The monoisotopic (exact) mass is 627 g/mol. The molecule has 9 nitrogen and oxygen atoms in total. The van der Waals surface area contributed by atoms with E-state index < -0.39 is 35.6 Å². The third kappa shape index (κ3) is 5.26. The summed E-state index contributed by atoms with van der Waals surface area (Å²) in [6, 6.07) is 14.3. The second-order valence-corrected chi connectivity index (χ2v) is 12.3. The Hall–Kier alpha value is -2.95. The zero-order valence-electron chi connectivity index (χ0n) is 23.6. The van der Waals surface area contributed by atoms with Gasteiger partial charge >= 0.3 is 0 Å². The third-order valence-electron chi connectivity index (χ3n) is 8.51. The number of carbonyl (C=O) groups is 3. The number of likely N-dealkylation sites (tertiary alicyclic amines) is 1. The Morgan fingerprint density at radius 1 is 1.15 bits per heavy atom. The van der Waals surface area contributed by atoms with Gasteiger partial charge in [-0.15, -0.1) is 0 Å². The summed E-state index contributed by atoms with van der Waals surface area (Å²) in [7, 11) is 0. The Morgan fingerprint density at radius 2 is 1.85 bits per heavy atom. The molecule has 3 fully saturated rings. The minimum atomic E-state index is -1.21. The highest BCUT2D eigenvalue weighted by molar-refractivity contribution is 9.09. The van der Waals surface area contributed by atoms with Crippen LogP contribution in [0, 0.1) is 11.8 Å². The molecule has 4 unspecified atom stereocenters. The van der Waals surface area contributed by atoms with E-state index in [0.717, 1.165) is 12.8 Å². The lowest BCUT2D eigenvalue weighted by molar-refractivity contribution is -0.145. The van der Waals surface area contributed by atoms with E-state index in [2.05, 4.69) is 26.6 Å². The highest BCUT2D eigenvalue weighted by atomic mass is 79.9. The van der Waals surface area contributed by atoms with Crippen molar-refractivity contribution in [2.24, 2.45) is 11.8 Å². The molecule has 3 N–H and O–H groups in total. The first-order valence-electron chi connectivity index (χ1n) is 14.4. The maximum Gasteiger partial charge on any atom is 0.246 e.